The highest BCUT2D eigenvalue weighted by Crippen LogP contribution is 2.12. The molecule has 3 amide bonds. The number of amides is 3. The number of hydrogen-bond donors (Lipinski definition) is 2. The van der Waals surface area contributed by atoms with Gasteiger partial charge < -0.3 is 10.2 Å². The van der Waals surface area contributed by atoms with Crippen LogP contribution < -0.4 is 11.1 Å². The highest BCUT2D eigenvalue weighted by Gasteiger charge is 2.19. The summed E-state index contributed by atoms with van der Waals surface area (Å²) in [7, 11) is 0. The molecule has 1 aromatic rings. The first-order valence-corrected chi connectivity index (χ1v) is 4.76. The number of imide groups is 1. The van der Waals surface area contributed by atoms with Crippen molar-refractivity contribution in [3.05, 3.63) is 24.2 Å². The minimum absolute atomic E-state index is 0.288. The Kier molecular flexibility index (Phi) is 3.91. The van der Waals surface area contributed by atoms with Crippen LogP contribution in [0.15, 0.2) is 22.8 Å². The van der Waals surface area contributed by atoms with Crippen LogP contribution in [0.5, 0.6) is 0 Å². The predicted molar refractivity (Wildman–Crippen MR) is 53.9 cm³/mol. The lowest BCUT2D eigenvalue weighted by Crippen LogP contribution is -2.39. The molecular weight excluding hydrogens is 196 g/mol. The number of nitrogens with two attached hydrogens (primary N) is 1. The van der Waals surface area contributed by atoms with Crippen molar-refractivity contribution in [2.45, 2.75) is 19.8 Å². The van der Waals surface area contributed by atoms with Gasteiger partial charge >= 0.3 is 6.03 Å². The Morgan fingerprint density at radius 3 is 2.80 bits per heavy atom. The Morgan fingerprint density at radius 2 is 2.33 bits per heavy atom. The number of carbonyl (C=O) groups excluding carboxylic acids is 2. The van der Waals surface area contributed by atoms with Crippen molar-refractivity contribution in [2.75, 3.05) is 0 Å². The normalized spacial score (nSPS) is 12.1. The Labute approximate surface area is 87.6 Å². The van der Waals surface area contributed by atoms with Crippen LogP contribution in [0.4, 0.5) is 4.79 Å². The number of rotatable bonds is 4. The molecule has 0 aliphatic rings. The number of carbonyl (C=O) groups is 2. The smallest absolute Gasteiger partial charge is 0.318 e. The van der Waals surface area contributed by atoms with E-state index in [4.69, 9.17) is 10.2 Å². The lowest BCUT2D eigenvalue weighted by atomic mass is 10.00. The van der Waals surface area contributed by atoms with E-state index in [1.54, 1.807) is 18.4 Å². The maximum Gasteiger partial charge on any atom is 0.318 e. The molecule has 3 N–H and O–H groups in total. The summed E-state index contributed by atoms with van der Waals surface area (Å²) >= 11 is 0. The Hall–Kier alpha value is -1.78. The van der Waals surface area contributed by atoms with Gasteiger partial charge in [0.2, 0.25) is 5.91 Å². The molecule has 0 saturated carbocycles. The highest BCUT2D eigenvalue weighted by atomic mass is 16.3. The van der Waals surface area contributed by atoms with Crippen LogP contribution in [0.25, 0.3) is 0 Å². The van der Waals surface area contributed by atoms with E-state index in [-0.39, 0.29) is 11.8 Å². The van der Waals surface area contributed by atoms with E-state index in [9.17, 15) is 9.59 Å². The summed E-state index contributed by atoms with van der Waals surface area (Å²) in [5, 5.41) is 2.06. The van der Waals surface area contributed by atoms with Crippen molar-refractivity contribution in [2.24, 2.45) is 11.7 Å². The largest absolute Gasteiger partial charge is 0.469 e. The molecule has 1 unspecified atom stereocenters. The molecule has 5 nitrogen and oxygen atoms in total. The fourth-order valence-corrected chi connectivity index (χ4v) is 1.32. The van der Waals surface area contributed by atoms with E-state index >= 15 is 0 Å². The van der Waals surface area contributed by atoms with Crippen molar-refractivity contribution in [1.82, 2.24) is 5.32 Å². The van der Waals surface area contributed by atoms with E-state index in [0.29, 0.717) is 12.8 Å². The molecule has 0 radical (unpaired) electrons. The van der Waals surface area contributed by atoms with Crippen molar-refractivity contribution in [3.63, 3.8) is 0 Å². The first kappa shape index (κ1) is 11.3. The van der Waals surface area contributed by atoms with Gasteiger partial charge in [0.25, 0.3) is 0 Å². The van der Waals surface area contributed by atoms with Crippen LogP contribution in [0.2, 0.25) is 0 Å². The molecule has 0 fully saturated rings. The molecule has 1 atom stereocenters. The van der Waals surface area contributed by atoms with Gasteiger partial charge in [0, 0.05) is 12.3 Å². The van der Waals surface area contributed by atoms with Crippen molar-refractivity contribution in [3.8, 4) is 0 Å². The van der Waals surface area contributed by atoms with Crippen LogP contribution >= 0.6 is 0 Å². The third-order valence-corrected chi connectivity index (χ3v) is 2.14. The summed E-state index contributed by atoms with van der Waals surface area (Å²) in [5.41, 5.74) is 4.86. The predicted octanol–water partition coefficient (Wildman–Crippen LogP) is 1.04. The Bertz CT molecular complexity index is 332. The third kappa shape index (κ3) is 3.46. The van der Waals surface area contributed by atoms with E-state index in [1.165, 1.54) is 0 Å². The summed E-state index contributed by atoms with van der Waals surface area (Å²) in [4.78, 5) is 22.0. The van der Waals surface area contributed by atoms with Crippen LogP contribution in [0.1, 0.15) is 19.1 Å². The topological polar surface area (TPSA) is 85.3 Å². The van der Waals surface area contributed by atoms with Gasteiger partial charge in [-0.2, -0.15) is 0 Å². The molecular formula is C10H14N2O3. The first-order valence-electron chi connectivity index (χ1n) is 4.76. The Morgan fingerprint density at radius 1 is 1.60 bits per heavy atom. The highest BCUT2D eigenvalue weighted by molar-refractivity contribution is 5.94. The molecule has 0 aromatic carbocycles. The van der Waals surface area contributed by atoms with Gasteiger partial charge in [0.05, 0.1) is 6.26 Å². The van der Waals surface area contributed by atoms with E-state index in [0.717, 1.165) is 5.76 Å². The average molecular weight is 210 g/mol. The molecule has 0 aliphatic carbocycles. The number of hydrogen-bond acceptors (Lipinski definition) is 3. The lowest BCUT2D eigenvalue weighted by molar-refractivity contribution is -0.124. The number of furan rings is 1. The molecule has 1 heterocycles. The third-order valence-electron chi connectivity index (χ3n) is 2.14. The van der Waals surface area contributed by atoms with E-state index in [1.807, 2.05) is 6.92 Å². The van der Waals surface area contributed by atoms with Crippen LogP contribution in [-0.4, -0.2) is 11.9 Å². The van der Waals surface area contributed by atoms with Crippen LogP contribution in [0, 0.1) is 5.92 Å². The second-order valence-electron chi connectivity index (χ2n) is 3.24. The van der Waals surface area contributed by atoms with Crippen LogP contribution in [0.3, 0.4) is 0 Å². The standard InChI is InChI=1S/C10H14N2O3/c1-2-7(9(13)12-10(11)14)6-8-4-3-5-15-8/h3-5,7H,2,6H2,1H3,(H3,11,12,13,14). The van der Waals surface area contributed by atoms with E-state index in [2.05, 4.69) is 5.32 Å². The minimum Gasteiger partial charge on any atom is -0.469 e. The van der Waals surface area contributed by atoms with E-state index < -0.39 is 6.03 Å². The monoisotopic (exact) mass is 210 g/mol. The van der Waals surface area contributed by atoms with Crippen LogP contribution in [-0.2, 0) is 11.2 Å². The van der Waals surface area contributed by atoms with Gasteiger partial charge in [-0.25, -0.2) is 4.79 Å². The molecule has 1 rings (SSSR count). The Balaban J connectivity index is 2.56. The maximum absolute atomic E-state index is 11.5. The zero-order valence-electron chi connectivity index (χ0n) is 8.53. The quantitative estimate of drug-likeness (QED) is 0.778. The van der Waals surface area contributed by atoms with Crippen molar-refractivity contribution >= 4 is 11.9 Å². The van der Waals surface area contributed by atoms with Gasteiger partial charge in [-0.3, -0.25) is 10.1 Å². The summed E-state index contributed by atoms with van der Waals surface area (Å²) in [6.45, 7) is 1.87. The zero-order chi connectivity index (χ0) is 11.3. The summed E-state index contributed by atoms with van der Waals surface area (Å²) in [6.07, 6.45) is 2.65. The van der Waals surface area contributed by atoms with Gasteiger partial charge in [0.1, 0.15) is 5.76 Å². The van der Waals surface area contributed by atoms with Gasteiger partial charge in [-0.05, 0) is 18.6 Å². The fraction of sp³-hybridized carbons (Fsp3) is 0.400. The summed E-state index contributed by atoms with van der Waals surface area (Å²) < 4.78 is 5.12. The molecule has 82 valence electrons. The number of nitrogens with one attached hydrogen (secondary N) is 1. The molecule has 15 heavy (non-hydrogen) atoms. The molecule has 1 aromatic heterocycles. The van der Waals surface area contributed by atoms with Gasteiger partial charge in [-0.15, -0.1) is 0 Å². The first-order chi connectivity index (χ1) is 7.13. The number of primary amides is 1. The molecule has 0 bridgehead atoms. The van der Waals surface area contributed by atoms with Crippen molar-refractivity contribution < 1.29 is 14.0 Å². The summed E-state index contributed by atoms with van der Waals surface area (Å²) in [5.74, 6) is 0.0755. The fourth-order valence-electron chi connectivity index (χ4n) is 1.32. The zero-order valence-corrected chi connectivity index (χ0v) is 8.53. The molecule has 5 heteroatoms. The van der Waals surface area contributed by atoms with Crippen molar-refractivity contribution in [1.29, 1.82) is 0 Å². The maximum atomic E-state index is 11.5. The SMILES string of the molecule is CCC(Cc1ccco1)C(=O)NC(N)=O. The summed E-state index contributed by atoms with van der Waals surface area (Å²) in [6, 6.07) is 2.73. The number of urea groups is 1. The molecule has 0 spiro atoms. The average Bonchev–Trinajstić information content (AvgIpc) is 2.65. The second kappa shape index (κ2) is 5.19. The lowest BCUT2D eigenvalue weighted by Gasteiger charge is -2.11. The molecule has 0 saturated heterocycles. The van der Waals surface area contributed by atoms with Gasteiger partial charge in [-0.1, -0.05) is 6.92 Å². The second-order valence-corrected chi connectivity index (χ2v) is 3.24. The molecule has 0 aliphatic heterocycles. The minimum atomic E-state index is -0.821. The van der Waals surface area contributed by atoms with Gasteiger partial charge in [0.15, 0.2) is 0 Å².